The molecule has 0 saturated heterocycles. The lowest BCUT2D eigenvalue weighted by Crippen LogP contribution is -2.39. The van der Waals surface area contributed by atoms with E-state index in [0.717, 1.165) is 31.4 Å². The van der Waals surface area contributed by atoms with Gasteiger partial charge in [-0.05, 0) is 30.6 Å². The van der Waals surface area contributed by atoms with Crippen molar-refractivity contribution in [1.82, 2.24) is 10.6 Å². The van der Waals surface area contributed by atoms with Crippen LogP contribution in [0.3, 0.4) is 0 Å². The monoisotopic (exact) mass is 339 g/mol. The molecule has 0 aromatic carbocycles. The van der Waals surface area contributed by atoms with Crippen molar-refractivity contribution in [3.05, 3.63) is 0 Å². The van der Waals surface area contributed by atoms with E-state index < -0.39 is 0 Å². The number of rotatable bonds is 4. The van der Waals surface area contributed by atoms with Gasteiger partial charge in [0.2, 0.25) is 0 Å². The molecule has 0 heterocycles. The number of hydrogen-bond donors (Lipinski definition) is 2. The second-order valence-corrected chi connectivity index (χ2v) is 5.63. The fourth-order valence-corrected chi connectivity index (χ4v) is 1.34. The zero-order valence-electron chi connectivity index (χ0n) is 11.0. The molecule has 2 N–H and O–H groups in total. The molecule has 1 aliphatic rings. The third kappa shape index (κ3) is 8.19. The van der Waals surface area contributed by atoms with Gasteiger partial charge in [-0.2, -0.15) is 0 Å². The van der Waals surface area contributed by atoms with Crippen LogP contribution in [0.1, 0.15) is 40.0 Å². The molecule has 0 atom stereocenters. The van der Waals surface area contributed by atoms with Gasteiger partial charge in [0.25, 0.3) is 0 Å². The molecule has 3 nitrogen and oxygen atoms in total. The van der Waals surface area contributed by atoms with Crippen LogP contribution < -0.4 is 10.6 Å². The number of hydrogen-bond acceptors (Lipinski definition) is 1. The van der Waals surface area contributed by atoms with Crippen molar-refractivity contribution < 1.29 is 0 Å². The molecule has 1 saturated carbocycles. The predicted molar refractivity (Wildman–Crippen MR) is 81.6 cm³/mol. The Hall–Kier alpha value is 0. The van der Waals surface area contributed by atoms with Gasteiger partial charge in [0.05, 0.1) is 0 Å². The van der Waals surface area contributed by atoms with Crippen LogP contribution in [0, 0.1) is 11.3 Å². The molecular weight excluding hydrogens is 313 g/mol. The quantitative estimate of drug-likeness (QED) is 0.469. The summed E-state index contributed by atoms with van der Waals surface area (Å²) in [6.07, 6.45) is 3.93. The fraction of sp³-hybridized carbons (Fsp3) is 0.917. The molecule has 0 spiro atoms. The van der Waals surface area contributed by atoms with Crippen molar-refractivity contribution in [2.45, 2.75) is 40.0 Å². The van der Waals surface area contributed by atoms with Crippen molar-refractivity contribution in [1.29, 1.82) is 0 Å². The fourth-order valence-electron chi connectivity index (χ4n) is 1.34. The van der Waals surface area contributed by atoms with Crippen LogP contribution in [-0.2, 0) is 0 Å². The van der Waals surface area contributed by atoms with E-state index >= 15 is 0 Å². The Morgan fingerprint density at radius 3 is 2.31 bits per heavy atom. The van der Waals surface area contributed by atoms with Crippen LogP contribution in [0.4, 0.5) is 0 Å². The Morgan fingerprint density at radius 1 is 1.25 bits per heavy atom. The van der Waals surface area contributed by atoms with E-state index in [1.807, 2.05) is 7.05 Å². The van der Waals surface area contributed by atoms with Crippen LogP contribution in [0.5, 0.6) is 0 Å². The lowest BCUT2D eigenvalue weighted by atomic mass is 9.92. The highest BCUT2D eigenvalue weighted by atomic mass is 127. The summed E-state index contributed by atoms with van der Waals surface area (Å²) in [7, 11) is 1.83. The van der Waals surface area contributed by atoms with E-state index in [-0.39, 0.29) is 24.0 Å². The zero-order chi connectivity index (χ0) is 11.3. The minimum absolute atomic E-state index is 0. The minimum Gasteiger partial charge on any atom is -0.356 e. The molecular formula is C12H26IN3. The normalized spacial score (nSPS) is 16.6. The molecule has 0 aromatic rings. The third-order valence-corrected chi connectivity index (χ3v) is 2.65. The SMILES string of the molecule is CN=C(NCCC(C)(C)C)NCC1CC1.I. The number of guanidine groups is 1. The second-order valence-electron chi connectivity index (χ2n) is 5.63. The first-order chi connectivity index (χ1) is 7.01. The van der Waals surface area contributed by atoms with Gasteiger partial charge in [-0.3, -0.25) is 4.99 Å². The Labute approximate surface area is 117 Å². The van der Waals surface area contributed by atoms with E-state index in [1.54, 1.807) is 0 Å². The summed E-state index contributed by atoms with van der Waals surface area (Å²) >= 11 is 0. The number of nitrogens with zero attached hydrogens (tertiary/aromatic N) is 1. The first-order valence-electron chi connectivity index (χ1n) is 5.96. The predicted octanol–water partition coefficient (Wildman–Crippen LogP) is 2.62. The molecule has 0 aromatic heterocycles. The summed E-state index contributed by atoms with van der Waals surface area (Å²) in [6.45, 7) is 8.85. The number of aliphatic imine (C=N–C) groups is 1. The van der Waals surface area contributed by atoms with Gasteiger partial charge in [-0.15, -0.1) is 24.0 Å². The van der Waals surface area contributed by atoms with Gasteiger partial charge in [0, 0.05) is 20.1 Å². The molecule has 0 aliphatic heterocycles. The van der Waals surface area contributed by atoms with Crippen molar-refractivity contribution in [3.8, 4) is 0 Å². The molecule has 1 fully saturated rings. The van der Waals surface area contributed by atoms with Crippen molar-refractivity contribution in [2.24, 2.45) is 16.3 Å². The van der Waals surface area contributed by atoms with Gasteiger partial charge in [-0.25, -0.2) is 0 Å². The lowest BCUT2D eigenvalue weighted by Gasteiger charge is -2.19. The maximum Gasteiger partial charge on any atom is 0.190 e. The summed E-state index contributed by atoms with van der Waals surface area (Å²) in [5, 5.41) is 6.70. The summed E-state index contributed by atoms with van der Waals surface area (Å²) in [6, 6.07) is 0. The van der Waals surface area contributed by atoms with Crippen molar-refractivity contribution in [3.63, 3.8) is 0 Å². The third-order valence-electron chi connectivity index (χ3n) is 2.65. The van der Waals surface area contributed by atoms with Gasteiger partial charge in [0.1, 0.15) is 0 Å². The molecule has 0 radical (unpaired) electrons. The Kier molecular flexibility index (Phi) is 7.35. The Bertz CT molecular complexity index is 217. The molecule has 0 bridgehead atoms. The minimum atomic E-state index is 0. The Morgan fingerprint density at radius 2 is 1.88 bits per heavy atom. The van der Waals surface area contributed by atoms with Crippen LogP contribution in [0.25, 0.3) is 0 Å². The van der Waals surface area contributed by atoms with Crippen molar-refractivity contribution >= 4 is 29.9 Å². The van der Waals surface area contributed by atoms with Crippen LogP contribution in [-0.4, -0.2) is 26.1 Å². The smallest absolute Gasteiger partial charge is 0.190 e. The van der Waals surface area contributed by atoms with E-state index in [2.05, 4.69) is 36.4 Å². The average molecular weight is 339 g/mol. The molecule has 16 heavy (non-hydrogen) atoms. The largest absolute Gasteiger partial charge is 0.356 e. The number of nitrogens with one attached hydrogen (secondary N) is 2. The maximum absolute atomic E-state index is 4.20. The highest BCUT2D eigenvalue weighted by Crippen LogP contribution is 2.27. The molecule has 96 valence electrons. The summed E-state index contributed by atoms with van der Waals surface area (Å²) in [4.78, 5) is 4.20. The van der Waals surface area contributed by atoms with E-state index in [4.69, 9.17) is 0 Å². The van der Waals surface area contributed by atoms with Gasteiger partial charge in [-0.1, -0.05) is 20.8 Å². The standard InChI is InChI=1S/C12H25N3.HI/c1-12(2,3)7-8-14-11(13-4)15-9-10-5-6-10;/h10H,5-9H2,1-4H3,(H2,13,14,15);1H. The molecule has 1 rings (SSSR count). The molecule has 1 aliphatic carbocycles. The van der Waals surface area contributed by atoms with E-state index in [0.29, 0.717) is 5.41 Å². The molecule has 0 amide bonds. The average Bonchev–Trinajstić information content (AvgIpc) is 2.92. The lowest BCUT2D eigenvalue weighted by molar-refractivity contribution is 0.377. The molecule has 0 unspecified atom stereocenters. The van der Waals surface area contributed by atoms with Crippen LogP contribution in [0.2, 0.25) is 0 Å². The highest BCUT2D eigenvalue weighted by molar-refractivity contribution is 14.0. The maximum atomic E-state index is 4.20. The van der Waals surface area contributed by atoms with Gasteiger partial charge < -0.3 is 10.6 Å². The summed E-state index contributed by atoms with van der Waals surface area (Å²) < 4.78 is 0. The van der Waals surface area contributed by atoms with Crippen LogP contribution in [0.15, 0.2) is 4.99 Å². The highest BCUT2D eigenvalue weighted by Gasteiger charge is 2.21. The van der Waals surface area contributed by atoms with Crippen molar-refractivity contribution in [2.75, 3.05) is 20.1 Å². The molecule has 4 heteroatoms. The van der Waals surface area contributed by atoms with Crippen LogP contribution >= 0.6 is 24.0 Å². The zero-order valence-corrected chi connectivity index (χ0v) is 13.3. The second kappa shape index (κ2) is 7.35. The summed E-state index contributed by atoms with van der Waals surface area (Å²) in [5.74, 6) is 1.84. The van der Waals surface area contributed by atoms with E-state index in [1.165, 1.54) is 12.8 Å². The van der Waals surface area contributed by atoms with E-state index in [9.17, 15) is 0 Å². The topological polar surface area (TPSA) is 36.4 Å². The first-order valence-corrected chi connectivity index (χ1v) is 5.96. The number of halogens is 1. The van der Waals surface area contributed by atoms with Gasteiger partial charge in [0.15, 0.2) is 5.96 Å². The summed E-state index contributed by atoms with van der Waals surface area (Å²) in [5.41, 5.74) is 0.391. The Balaban J connectivity index is 0.00000225. The first kappa shape index (κ1) is 16.0. The van der Waals surface area contributed by atoms with Gasteiger partial charge >= 0.3 is 0 Å².